The number of hydrogen-bond donors (Lipinski definition) is 3. The molecule has 16 heavy (non-hydrogen) atoms. The van der Waals surface area contributed by atoms with Gasteiger partial charge in [-0.2, -0.15) is 5.10 Å². The van der Waals surface area contributed by atoms with E-state index in [0.29, 0.717) is 6.54 Å². The summed E-state index contributed by atoms with van der Waals surface area (Å²) in [6, 6.07) is 0. The van der Waals surface area contributed by atoms with Gasteiger partial charge in [-0.05, 0) is 0 Å². The van der Waals surface area contributed by atoms with Gasteiger partial charge in [-0.15, -0.1) is 0 Å². The molecule has 0 aromatic carbocycles. The number of imidazole rings is 1. The summed E-state index contributed by atoms with van der Waals surface area (Å²) in [6.45, 7) is 0.664. The highest BCUT2D eigenvalue weighted by Gasteiger charge is 2.01. The SMILES string of the molecule is NC(=O)Cn1cc(NCc2ncc[nH]2)cn1. The van der Waals surface area contributed by atoms with E-state index in [0.717, 1.165) is 11.5 Å². The molecule has 0 atom stereocenters. The van der Waals surface area contributed by atoms with Gasteiger partial charge >= 0.3 is 0 Å². The minimum atomic E-state index is -0.416. The standard InChI is InChI=1S/C9H12N6O/c10-8(16)6-15-5-7(3-14-15)13-4-9-11-1-2-12-9/h1-3,5,13H,4,6H2,(H2,10,16)(H,11,12). The van der Waals surface area contributed by atoms with Crippen LogP contribution < -0.4 is 11.1 Å². The van der Waals surface area contributed by atoms with Crippen LogP contribution in [0.15, 0.2) is 24.8 Å². The van der Waals surface area contributed by atoms with Crippen molar-refractivity contribution in [3.8, 4) is 0 Å². The van der Waals surface area contributed by atoms with Crippen molar-refractivity contribution in [2.45, 2.75) is 13.1 Å². The van der Waals surface area contributed by atoms with Crippen LogP contribution in [0.2, 0.25) is 0 Å². The second kappa shape index (κ2) is 4.47. The molecule has 7 nitrogen and oxygen atoms in total. The molecule has 0 saturated heterocycles. The Kier molecular flexibility index (Phi) is 2.86. The number of carbonyl (C=O) groups excluding carboxylic acids is 1. The smallest absolute Gasteiger partial charge is 0.239 e. The number of rotatable bonds is 5. The van der Waals surface area contributed by atoms with E-state index in [-0.39, 0.29) is 6.54 Å². The van der Waals surface area contributed by atoms with Gasteiger partial charge in [-0.25, -0.2) is 4.98 Å². The average molecular weight is 220 g/mol. The molecule has 84 valence electrons. The third kappa shape index (κ3) is 2.59. The van der Waals surface area contributed by atoms with Gasteiger partial charge in [0, 0.05) is 18.6 Å². The minimum absolute atomic E-state index is 0.0857. The molecule has 0 unspecified atom stereocenters. The van der Waals surface area contributed by atoms with Crippen LogP contribution in [0.5, 0.6) is 0 Å². The zero-order valence-electron chi connectivity index (χ0n) is 8.55. The minimum Gasteiger partial charge on any atom is -0.375 e. The summed E-state index contributed by atoms with van der Waals surface area (Å²) < 4.78 is 1.48. The second-order valence-corrected chi connectivity index (χ2v) is 3.28. The van der Waals surface area contributed by atoms with Crippen molar-refractivity contribution in [1.29, 1.82) is 0 Å². The largest absolute Gasteiger partial charge is 0.375 e. The molecular formula is C9H12N6O. The van der Waals surface area contributed by atoms with Crippen molar-refractivity contribution in [3.05, 3.63) is 30.6 Å². The number of aromatic amines is 1. The Morgan fingerprint density at radius 2 is 2.50 bits per heavy atom. The number of nitrogens with two attached hydrogens (primary N) is 1. The second-order valence-electron chi connectivity index (χ2n) is 3.28. The van der Waals surface area contributed by atoms with Gasteiger partial charge in [0.15, 0.2) is 0 Å². The lowest BCUT2D eigenvalue weighted by Gasteiger charge is -1.99. The zero-order valence-corrected chi connectivity index (χ0v) is 8.55. The number of aromatic nitrogens is 4. The van der Waals surface area contributed by atoms with Gasteiger partial charge in [0.2, 0.25) is 5.91 Å². The maximum atomic E-state index is 10.6. The maximum absolute atomic E-state index is 10.6. The van der Waals surface area contributed by atoms with Crippen LogP contribution in [0.25, 0.3) is 0 Å². The van der Waals surface area contributed by atoms with E-state index in [9.17, 15) is 4.79 Å². The predicted octanol–water partition coefficient (Wildman–Crippen LogP) is -0.296. The lowest BCUT2D eigenvalue weighted by atomic mass is 10.5. The Bertz CT molecular complexity index is 460. The van der Waals surface area contributed by atoms with Crippen molar-refractivity contribution in [2.24, 2.45) is 5.73 Å². The van der Waals surface area contributed by atoms with Crippen LogP contribution in [-0.4, -0.2) is 25.7 Å². The van der Waals surface area contributed by atoms with Gasteiger partial charge in [0.1, 0.15) is 12.4 Å². The first-order valence-electron chi connectivity index (χ1n) is 4.77. The molecule has 0 bridgehead atoms. The molecule has 7 heteroatoms. The molecule has 0 radical (unpaired) electrons. The number of nitrogens with zero attached hydrogens (tertiary/aromatic N) is 3. The molecular weight excluding hydrogens is 208 g/mol. The number of amides is 1. The van der Waals surface area contributed by atoms with Crippen molar-refractivity contribution < 1.29 is 4.79 Å². The van der Waals surface area contributed by atoms with E-state index in [4.69, 9.17) is 5.73 Å². The molecule has 0 fully saturated rings. The molecule has 2 aromatic heterocycles. The number of H-pyrrole nitrogens is 1. The first kappa shape index (κ1) is 10.2. The van der Waals surface area contributed by atoms with E-state index in [1.54, 1.807) is 24.8 Å². The normalized spacial score (nSPS) is 10.2. The van der Waals surface area contributed by atoms with Crippen LogP contribution in [0.3, 0.4) is 0 Å². The number of carbonyl (C=O) groups is 1. The average Bonchev–Trinajstić information content (AvgIpc) is 2.84. The lowest BCUT2D eigenvalue weighted by molar-refractivity contribution is -0.118. The van der Waals surface area contributed by atoms with Crippen molar-refractivity contribution in [3.63, 3.8) is 0 Å². The first-order chi connectivity index (χ1) is 7.74. The number of anilines is 1. The Hall–Kier alpha value is -2.31. The number of nitrogens with one attached hydrogen (secondary N) is 2. The number of hydrogen-bond acceptors (Lipinski definition) is 4. The summed E-state index contributed by atoms with van der Waals surface area (Å²) in [4.78, 5) is 17.7. The molecule has 2 rings (SSSR count). The van der Waals surface area contributed by atoms with Crippen molar-refractivity contribution >= 4 is 11.6 Å². The highest BCUT2D eigenvalue weighted by Crippen LogP contribution is 2.05. The van der Waals surface area contributed by atoms with E-state index in [2.05, 4.69) is 20.4 Å². The third-order valence-electron chi connectivity index (χ3n) is 1.97. The van der Waals surface area contributed by atoms with Crippen LogP contribution in [0, 0.1) is 0 Å². The molecule has 0 aliphatic heterocycles. The molecule has 2 heterocycles. The summed E-state index contributed by atoms with van der Waals surface area (Å²) in [7, 11) is 0. The van der Waals surface area contributed by atoms with E-state index in [1.807, 2.05) is 0 Å². The molecule has 1 amide bonds. The molecule has 0 aliphatic rings. The topological polar surface area (TPSA) is 102 Å². The maximum Gasteiger partial charge on any atom is 0.239 e. The van der Waals surface area contributed by atoms with Gasteiger partial charge in [0.25, 0.3) is 0 Å². The fourth-order valence-corrected chi connectivity index (χ4v) is 1.28. The highest BCUT2D eigenvalue weighted by atomic mass is 16.1. The van der Waals surface area contributed by atoms with E-state index in [1.165, 1.54) is 4.68 Å². The summed E-state index contributed by atoms with van der Waals surface area (Å²) in [6.07, 6.45) is 6.79. The predicted molar refractivity (Wildman–Crippen MR) is 57.3 cm³/mol. The monoisotopic (exact) mass is 220 g/mol. The Balaban J connectivity index is 1.90. The summed E-state index contributed by atoms with van der Waals surface area (Å²) in [5, 5.41) is 7.09. The molecule has 0 spiro atoms. The van der Waals surface area contributed by atoms with Crippen molar-refractivity contribution in [2.75, 3.05) is 5.32 Å². The lowest BCUT2D eigenvalue weighted by Crippen LogP contribution is -2.18. The summed E-state index contributed by atoms with van der Waals surface area (Å²) in [5.74, 6) is 0.420. The van der Waals surface area contributed by atoms with Gasteiger partial charge in [-0.3, -0.25) is 9.48 Å². The summed E-state index contributed by atoms with van der Waals surface area (Å²) >= 11 is 0. The Morgan fingerprint density at radius 1 is 1.62 bits per heavy atom. The van der Waals surface area contributed by atoms with Gasteiger partial charge in [-0.1, -0.05) is 0 Å². The van der Waals surface area contributed by atoms with Crippen LogP contribution in [0.1, 0.15) is 5.82 Å². The quantitative estimate of drug-likeness (QED) is 0.644. The fourth-order valence-electron chi connectivity index (χ4n) is 1.28. The molecule has 4 N–H and O–H groups in total. The molecule has 2 aromatic rings. The molecule has 0 saturated carbocycles. The van der Waals surface area contributed by atoms with Gasteiger partial charge < -0.3 is 16.0 Å². The van der Waals surface area contributed by atoms with E-state index < -0.39 is 5.91 Å². The zero-order chi connectivity index (χ0) is 11.4. The van der Waals surface area contributed by atoms with E-state index >= 15 is 0 Å². The Morgan fingerprint density at radius 3 is 3.19 bits per heavy atom. The summed E-state index contributed by atoms with van der Waals surface area (Å²) in [5.41, 5.74) is 5.87. The van der Waals surface area contributed by atoms with Crippen LogP contribution in [-0.2, 0) is 17.9 Å². The Labute approximate surface area is 91.7 Å². The molecule has 0 aliphatic carbocycles. The highest BCUT2D eigenvalue weighted by molar-refractivity contribution is 5.73. The van der Waals surface area contributed by atoms with Gasteiger partial charge in [0.05, 0.1) is 18.4 Å². The van der Waals surface area contributed by atoms with Crippen LogP contribution in [0.4, 0.5) is 5.69 Å². The fraction of sp³-hybridized carbons (Fsp3) is 0.222. The first-order valence-corrected chi connectivity index (χ1v) is 4.77. The van der Waals surface area contributed by atoms with Crippen LogP contribution >= 0.6 is 0 Å². The third-order valence-corrected chi connectivity index (χ3v) is 1.97. The van der Waals surface area contributed by atoms with Crippen molar-refractivity contribution in [1.82, 2.24) is 19.7 Å². The number of primary amides is 1.